The van der Waals surface area contributed by atoms with Gasteiger partial charge >= 0.3 is 6.09 Å². The molecule has 3 atom stereocenters. The predicted octanol–water partition coefficient (Wildman–Crippen LogP) is 3.59. The predicted molar refractivity (Wildman–Crippen MR) is 159 cm³/mol. The van der Waals surface area contributed by atoms with E-state index in [0.717, 1.165) is 16.5 Å². The van der Waals surface area contributed by atoms with E-state index < -0.39 is 46.1 Å². The smallest absolute Gasteiger partial charge is 0.415 e. The van der Waals surface area contributed by atoms with Crippen LogP contribution in [0.4, 0.5) is 14.9 Å². The maximum atomic E-state index is 13.7. The Balaban J connectivity index is 1.55. The maximum absolute atomic E-state index is 13.7. The molecule has 0 aromatic heterocycles. The minimum Gasteiger partial charge on any atom is -0.497 e. The van der Waals surface area contributed by atoms with Crippen LogP contribution in [0.1, 0.15) is 19.4 Å². The molecular formula is C31H36FN3O7S. The van der Waals surface area contributed by atoms with Gasteiger partial charge in [-0.1, -0.05) is 50.2 Å². The van der Waals surface area contributed by atoms with Crippen LogP contribution in [0.15, 0.2) is 83.8 Å². The van der Waals surface area contributed by atoms with Gasteiger partial charge in [-0.3, -0.25) is 9.69 Å². The van der Waals surface area contributed by atoms with Gasteiger partial charge in [0.15, 0.2) is 6.10 Å². The number of halogens is 1. The summed E-state index contributed by atoms with van der Waals surface area (Å²) in [6.07, 6.45) is -3.18. The molecule has 0 unspecified atom stereocenters. The number of cyclic esters (lactones) is 1. The minimum atomic E-state index is -4.02. The second-order valence-corrected chi connectivity index (χ2v) is 12.7. The number of aliphatic hydroxyl groups excluding tert-OH is 1. The van der Waals surface area contributed by atoms with Crippen molar-refractivity contribution in [1.82, 2.24) is 9.62 Å². The Bertz CT molecular complexity index is 1500. The number of carbonyl (C=O) groups excluding carboxylic acids is 2. The lowest BCUT2D eigenvalue weighted by Crippen LogP contribution is -2.53. The summed E-state index contributed by atoms with van der Waals surface area (Å²) in [5.74, 6) is -0.766. The summed E-state index contributed by atoms with van der Waals surface area (Å²) in [4.78, 5) is 27.1. The van der Waals surface area contributed by atoms with E-state index in [1.165, 1.54) is 41.7 Å². The van der Waals surface area contributed by atoms with Crippen molar-refractivity contribution in [2.75, 3.05) is 31.6 Å². The highest BCUT2D eigenvalue weighted by Crippen LogP contribution is 2.24. The molecule has 0 spiro atoms. The Morgan fingerprint density at radius 3 is 2.42 bits per heavy atom. The molecule has 230 valence electrons. The average Bonchev–Trinajstić information content (AvgIpc) is 3.38. The molecule has 43 heavy (non-hydrogen) atoms. The number of sulfonamides is 1. The van der Waals surface area contributed by atoms with Crippen molar-refractivity contribution < 1.29 is 37.0 Å². The van der Waals surface area contributed by atoms with Crippen molar-refractivity contribution >= 4 is 27.7 Å². The number of nitrogens with one attached hydrogen (secondary N) is 1. The monoisotopic (exact) mass is 613 g/mol. The molecule has 0 saturated carbocycles. The largest absolute Gasteiger partial charge is 0.497 e. The summed E-state index contributed by atoms with van der Waals surface area (Å²) in [6, 6.07) is 19.5. The fraction of sp³-hybridized carbons (Fsp3) is 0.355. The minimum absolute atomic E-state index is 0.0418. The van der Waals surface area contributed by atoms with Crippen LogP contribution in [0.2, 0.25) is 0 Å². The third kappa shape index (κ3) is 8.09. The molecule has 12 heteroatoms. The second-order valence-electron chi connectivity index (χ2n) is 10.7. The first kappa shape index (κ1) is 31.9. The lowest BCUT2D eigenvalue weighted by molar-refractivity contribution is -0.129. The molecule has 1 aliphatic heterocycles. The van der Waals surface area contributed by atoms with E-state index in [0.29, 0.717) is 5.75 Å². The lowest BCUT2D eigenvalue weighted by Gasteiger charge is -2.31. The summed E-state index contributed by atoms with van der Waals surface area (Å²) in [5.41, 5.74) is 1.04. The van der Waals surface area contributed by atoms with E-state index >= 15 is 0 Å². The van der Waals surface area contributed by atoms with Gasteiger partial charge in [0.1, 0.15) is 11.6 Å². The first-order chi connectivity index (χ1) is 20.5. The fourth-order valence-electron chi connectivity index (χ4n) is 4.79. The summed E-state index contributed by atoms with van der Waals surface area (Å²) < 4.78 is 52.7. The van der Waals surface area contributed by atoms with Gasteiger partial charge in [-0.15, -0.1) is 0 Å². The molecule has 0 radical (unpaired) electrons. The van der Waals surface area contributed by atoms with Crippen LogP contribution in [0.25, 0.3) is 0 Å². The molecule has 1 saturated heterocycles. The summed E-state index contributed by atoms with van der Waals surface area (Å²) >= 11 is 0. The van der Waals surface area contributed by atoms with Gasteiger partial charge < -0.3 is 19.9 Å². The number of anilines is 1. The van der Waals surface area contributed by atoms with E-state index in [9.17, 15) is 27.5 Å². The Hall–Kier alpha value is -4.00. The standard InChI is InChI=1S/C31H36FN3O7S/c1-21(2)18-34(43(39,40)26-14-12-25(41-3)13-15-26)19-28(36)27(16-22-8-5-4-6-9-22)33-30(37)29-20-35(31(38)42-29)24-11-7-10-23(32)17-24/h4-15,17,21,27-29,36H,16,18-20H2,1-3H3,(H,33,37)/t27-,28+,29+/m0/s1. The van der Waals surface area contributed by atoms with Crippen LogP contribution in [0.5, 0.6) is 5.75 Å². The number of carbonyl (C=O) groups is 2. The Morgan fingerprint density at radius 1 is 1.09 bits per heavy atom. The van der Waals surface area contributed by atoms with Crippen LogP contribution in [0.3, 0.4) is 0 Å². The summed E-state index contributed by atoms with van der Waals surface area (Å²) in [7, 11) is -2.53. The SMILES string of the molecule is COc1ccc(S(=O)(=O)N(CC(C)C)C[C@@H](O)[C@H](Cc2ccccc2)NC(=O)[C@H]2CN(c3cccc(F)c3)C(=O)O2)cc1. The van der Waals surface area contributed by atoms with Crippen LogP contribution in [-0.4, -0.2) is 74.8 Å². The number of benzene rings is 3. The van der Waals surface area contributed by atoms with Crippen LogP contribution in [-0.2, 0) is 26.0 Å². The third-order valence-corrected chi connectivity index (χ3v) is 8.82. The number of amides is 2. The van der Waals surface area contributed by atoms with Gasteiger partial charge in [0.05, 0.1) is 36.4 Å². The molecule has 1 aliphatic rings. The molecule has 2 N–H and O–H groups in total. The number of nitrogens with zero attached hydrogens (tertiary/aromatic N) is 2. The highest BCUT2D eigenvalue weighted by atomic mass is 32.2. The van der Waals surface area contributed by atoms with E-state index in [1.54, 1.807) is 12.1 Å². The first-order valence-corrected chi connectivity index (χ1v) is 15.3. The van der Waals surface area contributed by atoms with E-state index in [1.807, 2.05) is 44.2 Å². The quantitative estimate of drug-likeness (QED) is 0.302. The number of rotatable bonds is 13. The second kappa shape index (κ2) is 14.0. The van der Waals surface area contributed by atoms with E-state index in [2.05, 4.69) is 5.32 Å². The molecule has 1 fully saturated rings. The number of hydrogen-bond acceptors (Lipinski definition) is 7. The van der Waals surface area contributed by atoms with Crippen molar-refractivity contribution in [1.29, 1.82) is 0 Å². The van der Waals surface area contributed by atoms with Crippen LogP contribution < -0.4 is 15.0 Å². The summed E-state index contributed by atoms with van der Waals surface area (Å²) in [5, 5.41) is 14.2. The van der Waals surface area contributed by atoms with Gasteiger partial charge in [-0.05, 0) is 60.4 Å². The zero-order valence-electron chi connectivity index (χ0n) is 24.2. The normalized spacial score (nSPS) is 16.7. The van der Waals surface area contributed by atoms with Gasteiger partial charge in [0.25, 0.3) is 5.91 Å². The highest BCUT2D eigenvalue weighted by molar-refractivity contribution is 7.89. The topological polar surface area (TPSA) is 125 Å². The molecule has 1 heterocycles. The van der Waals surface area contributed by atoms with Crippen LogP contribution in [0, 0.1) is 11.7 Å². The van der Waals surface area contributed by atoms with Crippen molar-refractivity contribution in [3.8, 4) is 5.75 Å². The Labute approximate surface area is 251 Å². The number of ether oxygens (including phenoxy) is 2. The fourth-order valence-corrected chi connectivity index (χ4v) is 6.41. The van der Waals surface area contributed by atoms with Crippen LogP contribution >= 0.6 is 0 Å². The van der Waals surface area contributed by atoms with E-state index in [4.69, 9.17) is 9.47 Å². The van der Waals surface area contributed by atoms with Gasteiger partial charge in [-0.2, -0.15) is 4.31 Å². The molecule has 10 nitrogen and oxygen atoms in total. The molecule has 2 amide bonds. The Kier molecular flexibility index (Phi) is 10.4. The first-order valence-electron chi connectivity index (χ1n) is 13.9. The summed E-state index contributed by atoms with van der Waals surface area (Å²) in [6.45, 7) is 3.40. The molecule has 3 aromatic rings. The van der Waals surface area contributed by atoms with Gasteiger partial charge in [0.2, 0.25) is 10.0 Å². The molecule has 0 bridgehead atoms. The molecule has 0 aliphatic carbocycles. The molecule has 4 rings (SSSR count). The van der Waals surface area contributed by atoms with Gasteiger partial charge in [0, 0.05) is 13.1 Å². The van der Waals surface area contributed by atoms with Crippen molar-refractivity contribution in [3.05, 3.63) is 90.2 Å². The zero-order valence-corrected chi connectivity index (χ0v) is 25.0. The van der Waals surface area contributed by atoms with Crippen molar-refractivity contribution in [2.24, 2.45) is 5.92 Å². The van der Waals surface area contributed by atoms with E-state index in [-0.39, 0.29) is 42.6 Å². The highest BCUT2D eigenvalue weighted by Gasteiger charge is 2.39. The third-order valence-electron chi connectivity index (χ3n) is 6.97. The molecule has 3 aromatic carbocycles. The van der Waals surface area contributed by atoms with Crippen molar-refractivity contribution in [2.45, 2.75) is 43.4 Å². The van der Waals surface area contributed by atoms with Gasteiger partial charge in [-0.25, -0.2) is 17.6 Å². The Morgan fingerprint density at radius 2 is 1.79 bits per heavy atom. The lowest BCUT2D eigenvalue weighted by atomic mass is 10.0. The average molecular weight is 614 g/mol. The number of aliphatic hydroxyl groups is 1. The maximum Gasteiger partial charge on any atom is 0.415 e. The number of methoxy groups -OCH3 is 1. The number of hydrogen-bond donors (Lipinski definition) is 2. The molecular weight excluding hydrogens is 577 g/mol. The van der Waals surface area contributed by atoms with Crippen molar-refractivity contribution in [3.63, 3.8) is 0 Å². The zero-order chi connectivity index (χ0) is 31.1.